The lowest BCUT2D eigenvalue weighted by atomic mass is 9.95. The first-order valence-corrected chi connectivity index (χ1v) is 16.0. The minimum Gasteiger partial charge on any atom is -0.493 e. The van der Waals surface area contributed by atoms with Crippen molar-refractivity contribution in [3.05, 3.63) is 90.6 Å². The maximum absolute atomic E-state index is 12.5. The number of hydrogen-bond donors (Lipinski definition) is 4. The van der Waals surface area contributed by atoms with Crippen LogP contribution >= 0.6 is 38.5 Å². The second kappa shape index (κ2) is 16.5. The molecule has 0 bridgehead atoms. The molecule has 0 unspecified atom stereocenters. The van der Waals surface area contributed by atoms with Gasteiger partial charge in [0.25, 0.3) is 0 Å². The summed E-state index contributed by atoms with van der Waals surface area (Å²) < 4.78 is 29.9. The molecule has 0 saturated heterocycles. The highest BCUT2D eigenvalue weighted by Crippen LogP contribution is 2.36. The third-order valence-electron chi connectivity index (χ3n) is 6.66. The maximum atomic E-state index is 12.5. The fourth-order valence-corrected chi connectivity index (χ4v) is 5.56. The number of amides is 2. The summed E-state index contributed by atoms with van der Waals surface area (Å²) in [5, 5.41) is 20.0. The fourth-order valence-electron chi connectivity index (χ4n) is 4.51. The molecule has 0 radical (unpaired) electrons. The molecule has 0 fully saturated rings. The number of allylic oxidation sites excluding steroid dienone is 1. The summed E-state index contributed by atoms with van der Waals surface area (Å²) in [6, 6.07) is 15.4. The van der Waals surface area contributed by atoms with Gasteiger partial charge in [-0.1, -0.05) is 34.1 Å². The van der Waals surface area contributed by atoms with E-state index < -0.39 is 24.3 Å². The molecule has 3 aromatic carbocycles. The lowest BCUT2D eigenvalue weighted by Crippen LogP contribution is -2.45. The van der Waals surface area contributed by atoms with Crippen LogP contribution in [-0.4, -0.2) is 57.0 Å². The number of rotatable bonds is 14. The summed E-state index contributed by atoms with van der Waals surface area (Å²) in [6.45, 7) is 4.00. The summed E-state index contributed by atoms with van der Waals surface area (Å²) in [4.78, 5) is 24.6. The Morgan fingerprint density at radius 2 is 1.85 bits per heavy atom. The van der Waals surface area contributed by atoms with Gasteiger partial charge in [0.05, 0.1) is 42.2 Å². The third kappa shape index (κ3) is 9.04. The van der Waals surface area contributed by atoms with Crippen molar-refractivity contribution < 1.29 is 38.4 Å². The molecule has 1 aliphatic heterocycles. The Hall–Kier alpha value is -4.02. The van der Waals surface area contributed by atoms with Gasteiger partial charge in [-0.25, -0.2) is 9.59 Å². The lowest BCUT2D eigenvalue weighted by Gasteiger charge is -2.28. The molecule has 4 rings (SSSR count). The van der Waals surface area contributed by atoms with E-state index in [1.807, 2.05) is 37.3 Å². The Balaban J connectivity index is 1.38. The van der Waals surface area contributed by atoms with Crippen molar-refractivity contribution in [3.8, 4) is 23.0 Å². The van der Waals surface area contributed by atoms with E-state index in [1.54, 1.807) is 44.5 Å². The Morgan fingerprint density at radius 1 is 1.09 bits per heavy atom. The summed E-state index contributed by atoms with van der Waals surface area (Å²) in [6.07, 6.45) is 0.397. The smallest absolute Gasteiger partial charge is 0.337 e. The first-order chi connectivity index (χ1) is 22.1. The number of nitrogens with zero attached hydrogens (tertiary/aromatic N) is 1. The number of benzene rings is 3. The van der Waals surface area contributed by atoms with Crippen LogP contribution in [0.2, 0.25) is 0 Å². The molecule has 12 nitrogen and oxygen atoms in total. The van der Waals surface area contributed by atoms with E-state index in [9.17, 15) is 14.7 Å². The van der Waals surface area contributed by atoms with Crippen molar-refractivity contribution in [2.75, 3.05) is 27.4 Å². The van der Waals surface area contributed by atoms with Crippen LogP contribution in [0.1, 0.15) is 36.6 Å². The van der Waals surface area contributed by atoms with E-state index in [2.05, 4.69) is 59.7 Å². The van der Waals surface area contributed by atoms with Crippen LogP contribution in [0.5, 0.6) is 23.0 Å². The van der Waals surface area contributed by atoms with Gasteiger partial charge in [0.2, 0.25) is 0 Å². The number of aliphatic hydroxyl groups is 1. The Bertz CT molecular complexity index is 1620. The van der Waals surface area contributed by atoms with Gasteiger partial charge < -0.3 is 39.4 Å². The van der Waals surface area contributed by atoms with Gasteiger partial charge in [-0.3, -0.25) is 5.43 Å². The quantitative estimate of drug-likeness (QED) is 0.0570. The molecule has 3 aromatic rings. The van der Waals surface area contributed by atoms with Crippen LogP contribution in [0.25, 0.3) is 0 Å². The van der Waals surface area contributed by atoms with Crippen molar-refractivity contribution in [2.45, 2.75) is 32.7 Å². The number of hydrazone groups is 1. The molecular weight excluding hydrogens is 775 g/mol. The van der Waals surface area contributed by atoms with Crippen LogP contribution in [0.4, 0.5) is 4.79 Å². The van der Waals surface area contributed by atoms with Crippen molar-refractivity contribution in [1.82, 2.24) is 16.1 Å². The number of carbonyl (C=O) groups is 2. The summed E-state index contributed by atoms with van der Waals surface area (Å²) in [5.41, 5.74) is 5.64. The number of ether oxygens (including phenoxy) is 5. The number of nitrogens with one attached hydrogen (secondary N) is 3. The molecular formula is C32H34BrIN4O8. The molecule has 244 valence electrons. The number of aliphatic hydroxyl groups excluding tert-OH is 1. The monoisotopic (exact) mass is 808 g/mol. The molecule has 0 aromatic heterocycles. The van der Waals surface area contributed by atoms with Crippen LogP contribution in [0.15, 0.2) is 75.4 Å². The number of hydrogen-bond acceptors (Lipinski definition) is 10. The zero-order chi connectivity index (χ0) is 33.2. The predicted molar refractivity (Wildman–Crippen MR) is 183 cm³/mol. The molecule has 0 spiro atoms. The van der Waals surface area contributed by atoms with E-state index in [0.717, 1.165) is 19.2 Å². The number of methoxy groups -OCH3 is 2. The highest BCUT2D eigenvalue weighted by Gasteiger charge is 2.32. The second-order valence-electron chi connectivity index (χ2n) is 9.86. The van der Waals surface area contributed by atoms with Crippen LogP contribution in [-0.2, 0) is 16.1 Å². The molecule has 46 heavy (non-hydrogen) atoms. The largest absolute Gasteiger partial charge is 0.493 e. The first kappa shape index (κ1) is 34.8. The van der Waals surface area contributed by atoms with Gasteiger partial charge in [-0.15, -0.1) is 0 Å². The topological polar surface area (TPSA) is 149 Å². The molecule has 1 aliphatic rings. The van der Waals surface area contributed by atoms with Crippen molar-refractivity contribution in [2.24, 2.45) is 5.10 Å². The van der Waals surface area contributed by atoms with E-state index in [4.69, 9.17) is 23.7 Å². The molecule has 0 saturated carbocycles. The summed E-state index contributed by atoms with van der Waals surface area (Å²) in [5.74, 6) is 1.33. The first-order valence-electron chi connectivity index (χ1n) is 14.1. The summed E-state index contributed by atoms with van der Waals surface area (Å²) >= 11 is 5.61. The maximum Gasteiger partial charge on any atom is 0.337 e. The van der Waals surface area contributed by atoms with E-state index >= 15 is 0 Å². The fraction of sp³-hybridized carbons (Fsp3) is 0.281. The molecule has 2 amide bonds. The van der Waals surface area contributed by atoms with Crippen LogP contribution in [0.3, 0.4) is 0 Å². The zero-order valence-corrected chi connectivity index (χ0v) is 29.3. The van der Waals surface area contributed by atoms with Gasteiger partial charge in [0.1, 0.15) is 13.2 Å². The second-order valence-corrected chi connectivity index (χ2v) is 11.9. The normalized spacial score (nSPS) is 15.1. The third-order valence-corrected chi connectivity index (χ3v) is 7.99. The molecule has 14 heteroatoms. The predicted octanol–water partition coefficient (Wildman–Crippen LogP) is 5.16. The number of esters is 1. The molecule has 2 atom stereocenters. The number of urea groups is 1. The highest BCUT2D eigenvalue weighted by molar-refractivity contribution is 14.1. The van der Waals surface area contributed by atoms with Crippen molar-refractivity contribution in [1.29, 1.82) is 0 Å². The SMILES string of the molecule is CCOc1cc([C@@H]2NC(=O)NC(C)=C2C(=O)OC)ccc1OC[C@@H](O)N/N=C\c1cc(I)c(OCc2ccc(Br)cc2)c(OC)c1. The van der Waals surface area contributed by atoms with E-state index in [1.165, 1.54) is 7.11 Å². The van der Waals surface area contributed by atoms with Crippen LogP contribution in [0, 0.1) is 3.57 Å². The van der Waals surface area contributed by atoms with Crippen LogP contribution < -0.4 is 35.0 Å². The molecule has 4 N–H and O–H groups in total. The average Bonchev–Trinajstić information content (AvgIpc) is 3.03. The van der Waals surface area contributed by atoms with E-state index in [0.29, 0.717) is 47.5 Å². The van der Waals surface area contributed by atoms with Gasteiger partial charge >= 0.3 is 12.0 Å². The standard InChI is InChI=1S/C32H34BrIN4O8/c1-5-44-25-14-21(29-28(31(40)43-4)18(2)36-32(41)37-29)8-11-24(25)45-17-27(39)38-35-15-20-12-23(34)30(26(13-20)42-3)46-16-19-6-9-22(33)10-7-19/h6-15,27,29,38-39H,5,16-17H2,1-4H3,(H2,36,37,41)/b35-15-/t27-,29+/m1/s1. The number of carbonyl (C=O) groups excluding carboxylic acids is 2. The van der Waals surface area contributed by atoms with Crippen molar-refractivity contribution in [3.63, 3.8) is 0 Å². The van der Waals surface area contributed by atoms with Gasteiger partial charge in [-0.2, -0.15) is 5.10 Å². The molecule has 0 aliphatic carbocycles. The van der Waals surface area contributed by atoms with Crippen molar-refractivity contribution >= 4 is 56.7 Å². The zero-order valence-electron chi connectivity index (χ0n) is 25.6. The Kier molecular flexibility index (Phi) is 12.5. The van der Waals surface area contributed by atoms with Gasteiger partial charge in [0, 0.05) is 10.2 Å². The average molecular weight is 809 g/mol. The minimum absolute atomic E-state index is 0.156. The van der Waals surface area contributed by atoms with Gasteiger partial charge in [0.15, 0.2) is 29.2 Å². The van der Waals surface area contributed by atoms with E-state index in [-0.39, 0.29) is 12.2 Å². The minimum atomic E-state index is -1.15. The highest BCUT2D eigenvalue weighted by atomic mass is 127. The molecule has 1 heterocycles. The van der Waals surface area contributed by atoms with Gasteiger partial charge in [-0.05, 0) is 89.5 Å². The summed E-state index contributed by atoms with van der Waals surface area (Å²) in [7, 11) is 2.84. The Morgan fingerprint density at radius 3 is 2.54 bits per heavy atom. The lowest BCUT2D eigenvalue weighted by molar-refractivity contribution is -0.136. The Labute approximate surface area is 288 Å². The number of halogens is 2.